The SMILES string of the molecule is CCCN1CC(C(=O)N2CCN(S(=O)(=O)c3c(C)n[nH]c3C)CC2)CC1=O. The lowest BCUT2D eigenvalue weighted by atomic mass is 10.1. The normalized spacial score (nSPS) is 21.9. The van der Waals surface area contributed by atoms with Crippen LogP contribution in [-0.2, 0) is 19.6 Å². The van der Waals surface area contributed by atoms with E-state index in [4.69, 9.17) is 0 Å². The molecule has 27 heavy (non-hydrogen) atoms. The first-order valence-electron chi connectivity index (χ1n) is 9.34. The van der Waals surface area contributed by atoms with Gasteiger partial charge in [0.05, 0.1) is 17.3 Å². The molecular formula is C17H27N5O4S. The molecule has 10 heteroatoms. The minimum Gasteiger partial charge on any atom is -0.342 e. The van der Waals surface area contributed by atoms with E-state index in [1.165, 1.54) is 4.31 Å². The molecule has 1 atom stereocenters. The van der Waals surface area contributed by atoms with Crippen molar-refractivity contribution in [2.45, 2.75) is 38.5 Å². The largest absolute Gasteiger partial charge is 0.342 e. The monoisotopic (exact) mass is 397 g/mol. The Morgan fingerprint density at radius 1 is 1.22 bits per heavy atom. The lowest BCUT2D eigenvalue weighted by Gasteiger charge is -2.35. The Morgan fingerprint density at radius 3 is 2.44 bits per heavy atom. The average Bonchev–Trinajstić information content (AvgIpc) is 3.17. The highest BCUT2D eigenvalue weighted by molar-refractivity contribution is 7.89. The summed E-state index contributed by atoms with van der Waals surface area (Å²) in [5, 5.41) is 6.68. The first kappa shape index (κ1) is 19.8. The number of hydrogen-bond donors (Lipinski definition) is 1. The number of hydrogen-bond acceptors (Lipinski definition) is 5. The van der Waals surface area contributed by atoms with E-state index >= 15 is 0 Å². The molecule has 2 amide bonds. The van der Waals surface area contributed by atoms with Crippen molar-refractivity contribution in [3.63, 3.8) is 0 Å². The molecule has 1 N–H and O–H groups in total. The maximum atomic E-state index is 12.9. The highest BCUT2D eigenvalue weighted by Crippen LogP contribution is 2.25. The Labute approximate surface area is 159 Å². The summed E-state index contributed by atoms with van der Waals surface area (Å²) in [6, 6.07) is 0. The van der Waals surface area contributed by atoms with Gasteiger partial charge < -0.3 is 9.80 Å². The minimum absolute atomic E-state index is 0.0299. The molecule has 0 radical (unpaired) electrons. The zero-order valence-electron chi connectivity index (χ0n) is 16.1. The fourth-order valence-corrected chi connectivity index (χ4v) is 5.63. The Balaban J connectivity index is 1.62. The minimum atomic E-state index is -3.63. The summed E-state index contributed by atoms with van der Waals surface area (Å²) in [4.78, 5) is 28.4. The van der Waals surface area contributed by atoms with Crippen LogP contribution in [0.2, 0.25) is 0 Å². The Bertz CT molecular complexity index is 807. The number of aromatic nitrogens is 2. The summed E-state index contributed by atoms with van der Waals surface area (Å²) in [7, 11) is -3.63. The van der Waals surface area contributed by atoms with E-state index in [1.54, 1.807) is 23.6 Å². The van der Waals surface area contributed by atoms with E-state index < -0.39 is 10.0 Å². The molecule has 3 heterocycles. The van der Waals surface area contributed by atoms with Gasteiger partial charge in [-0.2, -0.15) is 9.40 Å². The van der Waals surface area contributed by atoms with Gasteiger partial charge in [0.15, 0.2) is 0 Å². The van der Waals surface area contributed by atoms with E-state index in [1.807, 2.05) is 6.92 Å². The summed E-state index contributed by atoms with van der Waals surface area (Å²) >= 11 is 0. The number of aryl methyl sites for hydroxylation is 2. The van der Waals surface area contributed by atoms with Crippen molar-refractivity contribution in [3.8, 4) is 0 Å². The van der Waals surface area contributed by atoms with Gasteiger partial charge in [-0.3, -0.25) is 14.7 Å². The van der Waals surface area contributed by atoms with Gasteiger partial charge in [-0.15, -0.1) is 0 Å². The van der Waals surface area contributed by atoms with Crippen molar-refractivity contribution in [1.29, 1.82) is 0 Å². The predicted molar refractivity (Wildman–Crippen MR) is 98.4 cm³/mol. The number of sulfonamides is 1. The van der Waals surface area contributed by atoms with E-state index in [-0.39, 0.29) is 42.1 Å². The number of aromatic amines is 1. The summed E-state index contributed by atoms with van der Waals surface area (Å²) < 4.78 is 27.2. The number of rotatable bonds is 5. The van der Waals surface area contributed by atoms with Gasteiger partial charge in [-0.05, 0) is 20.3 Å². The lowest BCUT2D eigenvalue weighted by Crippen LogP contribution is -2.52. The fraction of sp³-hybridized carbons (Fsp3) is 0.706. The van der Waals surface area contributed by atoms with Crippen LogP contribution in [-0.4, -0.2) is 83.8 Å². The third-order valence-electron chi connectivity index (χ3n) is 5.27. The van der Waals surface area contributed by atoms with Crippen LogP contribution in [0.15, 0.2) is 4.90 Å². The lowest BCUT2D eigenvalue weighted by molar-refractivity contribution is -0.137. The molecule has 2 aliphatic rings. The number of amides is 2. The van der Waals surface area contributed by atoms with Crippen LogP contribution in [0.25, 0.3) is 0 Å². The summed E-state index contributed by atoms with van der Waals surface area (Å²) in [6.45, 7) is 7.68. The number of carbonyl (C=O) groups is 2. The van der Waals surface area contributed by atoms with Crippen molar-refractivity contribution >= 4 is 21.8 Å². The van der Waals surface area contributed by atoms with E-state index in [0.29, 0.717) is 37.6 Å². The number of H-pyrrole nitrogens is 1. The van der Waals surface area contributed by atoms with Gasteiger partial charge in [0.25, 0.3) is 0 Å². The summed E-state index contributed by atoms with van der Waals surface area (Å²) in [6.07, 6.45) is 1.13. The number of nitrogens with one attached hydrogen (secondary N) is 1. The van der Waals surface area contributed by atoms with Crippen LogP contribution in [0.1, 0.15) is 31.2 Å². The third-order valence-corrected chi connectivity index (χ3v) is 7.43. The van der Waals surface area contributed by atoms with Gasteiger partial charge >= 0.3 is 0 Å². The fourth-order valence-electron chi connectivity index (χ4n) is 3.88. The highest BCUT2D eigenvalue weighted by Gasteiger charge is 2.38. The van der Waals surface area contributed by atoms with Crippen molar-refractivity contribution in [2.75, 3.05) is 39.3 Å². The van der Waals surface area contributed by atoms with Crippen LogP contribution in [0.3, 0.4) is 0 Å². The topological polar surface area (TPSA) is 107 Å². The highest BCUT2D eigenvalue weighted by atomic mass is 32.2. The zero-order valence-corrected chi connectivity index (χ0v) is 16.9. The van der Waals surface area contributed by atoms with Gasteiger partial charge in [-0.25, -0.2) is 8.42 Å². The molecule has 0 bridgehead atoms. The Morgan fingerprint density at radius 2 is 1.89 bits per heavy atom. The first-order valence-corrected chi connectivity index (χ1v) is 10.8. The molecule has 150 valence electrons. The van der Waals surface area contributed by atoms with Crippen LogP contribution in [0, 0.1) is 19.8 Å². The zero-order chi connectivity index (χ0) is 19.8. The quantitative estimate of drug-likeness (QED) is 0.759. The van der Waals surface area contributed by atoms with Crippen molar-refractivity contribution in [2.24, 2.45) is 5.92 Å². The van der Waals surface area contributed by atoms with E-state index in [9.17, 15) is 18.0 Å². The molecule has 0 spiro atoms. The average molecular weight is 398 g/mol. The molecule has 1 aromatic heterocycles. The second kappa shape index (κ2) is 7.59. The number of carbonyl (C=O) groups excluding carboxylic acids is 2. The molecule has 0 aromatic carbocycles. The second-order valence-corrected chi connectivity index (χ2v) is 9.11. The molecule has 9 nitrogen and oxygen atoms in total. The molecule has 3 rings (SSSR count). The van der Waals surface area contributed by atoms with E-state index in [2.05, 4.69) is 10.2 Å². The van der Waals surface area contributed by atoms with Crippen molar-refractivity contribution < 1.29 is 18.0 Å². The van der Waals surface area contributed by atoms with Crippen LogP contribution in [0.4, 0.5) is 0 Å². The molecule has 2 fully saturated rings. The van der Waals surface area contributed by atoms with Crippen molar-refractivity contribution in [1.82, 2.24) is 24.3 Å². The number of likely N-dealkylation sites (tertiary alicyclic amines) is 1. The molecule has 0 aliphatic carbocycles. The molecule has 2 aliphatic heterocycles. The van der Waals surface area contributed by atoms with Crippen molar-refractivity contribution in [3.05, 3.63) is 11.4 Å². The van der Waals surface area contributed by atoms with Crippen LogP contribution >= 0.6 is 0 Å². The van der Waals surface area contributed by atoms with Gasteiger partial charge in [0.1, 0.15) is 4.90 Å². The smallest absolute Gasteiger partial charge is 0.246 e. The van der Waals surface area contributed by atoms with Crippen LogP contribution < -0.4 is 0 Å². The second-order valence-electron chi connectivity index (χ2n) is 7.23. The third kappa shape index (κ3) is 3.73. The Kier molecular flexibility index (Phi) is 5.57. The van der Waals surface area contributed by atoms with Gasteiger partial charge in [-0.1, -0.05) is 6.92 Å². The first-order chi connectivity index (χ1) is 12.8. The summed E-state index contributed by atoms with van der Waals surface area (Å²) in [5.74, 6) is -0.331. The summed E-state index contributed by atoms with van der Waals surface area (Å²) in [5.41, 5.74) is 0.970. The predicted octanol–water partition coefficient (Wildman–Crippen LogP) is 0.118. The molecule has 0 saturated carbocycles. The van der Waals surface area contributed by atoms with Gasteiger partial charge in [0.2, 0.25) is 21.8 Å². The standard InChI is InChI=1S/C17H27N5O4S/c1-4-5-21-11-14(10-15(21)23)17(24)20-6-8-22(9-7-20)27(25,26)16-12(2)18-19-13(16)3/h14H,4-11H2,1-3H3,(H,18,19). The molecule has 1 unspecified atom stereocenters. The number of nitrogens with zero attached hydrogens (tertiary/aromatic N) is 4. The van der Waals surface area contributed by atoms with Gasteiger partial charge in [0, 0.05) is 45.7 Å². The molecular weight excluding hydrogens is 370 g/mol. The maximum Gasteiger partial charge on any atom is 0.246 e. The number of piperazine rings is 1. The van der Waals surface area contributed by atoms with E-state index in [0.717, 1.165) is 6.42 Å². The molecule has 1 aromatic rings. The Hall–Kier alpha value is -1.94. The maximum absolute atomic E-state index is 12.9. The van der Waals surface area contributed by atoms with Crippen LogP contribution in [0.5, 0.6) is 0 Å². The molecule has 2 saturated heterocycles.